The lowest BCUT2D eigenvalue weighted by molar-refractivity contribution is -0.113. The van der Waals surface area contributed by atoms with Gasteiger partial charge in [-0.25, -0.2) is 0 Å². The first-order valence-electron chi connectivity index (χ1n) is 11.1. The summed E-state index contributed by atoms with van der Waals surface area (Å²) < 4.78 is 2.80. The molecule has 2 aromatic carbocycles. The highest BCUT2D eigenvalue weighted by Gasteiger charge is 2.27. The van der Waals surface area contributed by atoms with Gasteiger partial charge in [-0.05, 0) is 54.8 Å². The molecule has 1 atom stereocenters. The average molecular weight is 611 g/mol. The van der Waals surface area contributed by atoms with E-state index in [4.69, 9.17) is 23.2 Å². The zero-order valence-electron chi connectivity index (χ0n) is 20.0. The van der Waals surface area contributed by atoms with Gasteiger partial charge in [-0.1, -0.05) is 70.8 Å². The van der Waals surface area contributed by atoms with Crippen molar-refractivity contribution in [3.05, 3.63) is 80.5 Å². The molecule has 2 amide bonds. The van der Waals surface area contributed by atoms with Crippen LogP contribution >= 0.6 is 50.9 Å². The van der Waals surface area contributed by atoms with Crippen LogP contribution in [0, 0.1) is 12.8 Å². The van der Waals surface area contributed by atoms with Crippen LogP contribution in [0.1, 0.15) is 41.6 Å². The smallest absolute Gasteiger partial charge is 0.253 e. The molecule has 3 rings (SSSR count). The van der Waals surface area contributed by atoms with Crippen molar-refractivity contribution in [2.75, 3.05) is 11.1 Å². The lowest BCUT2D eigenvalue weighted by Gasteiger charge is -2.23. The summed E-state index contributed by atoms with van der Waals surface area (Å²) in [4.78, 5) is 25.6. The summed E-state index contributed by atoms with van der Waals surface area (Å²) in [6, 6.07) is 9.93. The molecule has 0 spiro atoms. The summed E-state index contributed by atoms with van der Waals surface area (Å²) in [5, 5.41) is 15.9. The normalized spacial score (nSPS) is 11.9. The molecule has 3 aromatic rings. The molecule has 0 saturated heterocycles. The van der Waals surface area contributed by atoms with Gasteiger partial charge in [0.25, 0.3) is 5.91 Å². The van der Waals surface area contributed by atoms with Crippen LogP contribution in [0.5, 0.6) is 0 Å². The number of amides is 2. The van der Waals surface area contributed by atoms with Gasteiger partial charge in [-0.2, -0.15) is 0 Å². The molecule has 0 fully saturated rings. The van der Waals surface area contributed by atoms with Gasteiger partial charge < -0.3 is 15.2 Å². The number of halogens is 3. The van der Waals surface area contributed by atoms with Gasteiger partial charge in [0.1, 0.15) is 0 Å². The van der Waals surface area contributed by atoms with E-state index in [2.05, 4.69) is 43.3 Å². The number of nitrogens with zero attached hydrogens (tertiary/aromatic N) is 3. The quantitative estimate of drug-likeness (QED) is 0.197. The largest absolute Gasteiger partial charge is 0.342 e. The minimum atomic E-state index is -0.453. The van der Waals surface area contributed by atoms with E-state index in [-0.39, 0.29) is 28.5 Å². The predicted molar refractivity (Wildman–Crippen MR) is 150 cm³/mol. The Labute approximate surface area is 233 Å². The van der Waals surface area contributed by atoms with Crippen molar-refractivity contribution in [3.63, 3.8) is 0 Å². The molecule has 190 valence electrons. The van der Waals surface area contributed by atoms with Crippen molar-refractivity contribution in [3.8, 4) is 0 Å². The number of hydrogen-bond donors (Lipinski definition) is 2. The van der Waals surface area contributed by atoms with E-state index >= 15 is 0 Å². The summed E-state index contributed by atoms with van der Waals surface area (Å²) in [7, 11) is 0. The minimum absolute atomic E-state index is 0.00526. The van der Waals surface area contributed by atoms with Crippen LogP contribution in [-0.4, -0.2) is 32.3 Å². The van der Waals surface area contributed by atoms with E-state index < -0.39 is 6.04 Å². The van der Waals surface area contributed by atoms with Crippen molar-refractivity contribution in [2.45, 2.75) is 38.5 Å². The first-order chi connectivity index (χ1) is 17.1. The number of carbonyl (C=O) groups is 2. The third-order valence-corrected chi connectivity index (χ3v) is 7.27. The first kappa shape index (κ1) is 28.2. The lowest BCUT2D eigenvalue weighted by atomic mass is 10.0. The zero-order chi connectivity index (χ0) is 26.4. The van der Waals surface area contributed by atoms with Gasteiger partial charge in [-0.3, -0.25) is 9.59 Å². The Balaban J connectivity index is 1.77. The molecule has 0 saturated carbocycles. The molecule has 2 N–H and O–H groups in total. The van der Waals surface area contributed by atoms with E-state index in [1.807, 2.05) is 43.5 Å². The summed E-state index contributed by atoms with van der Waals surface area (Å²) >= 11 is 16.9. The molecule has 0 radical (unpaired) electrons. The number of carbonyl (C=O) groups excluding carboxylic acids is 2. The number of rotatable bonds is 10. The van der Waals surface area contributed by atoms with Crippen LogP contribution in [-0.2, 0) is 11.3 Å². The second kappa shape index (κ2) is 12.8. The fourth-order valence-electron chi connectivity index (χ4n) is 3.44. The highest BCUT2D eigenvalue weighted by Crippen LogP contribution is 2.28. The maximum atomic E-state index is 13.0. The van der Waals surface area contributed by atoms with Crippen LogP contribution in [0.25, 0.3) is 0 Å². The van der Waals surface area contributed by atoms with Gasteiger partial charge in [0.15, 0.2) is 11.0 Å². The van der Waals surface area contributed by atoms with Gasteiger partial charge in [0, 0.05) is 21.7 Å². The molecule has 11 heteroatoms. The predicted octanol–water partition coefficient (Wildman–Crippen LogP) is 6.70. The Morgan fingerprint density at radius 2 is 1.94 bits per heavy atom. The number of hydrogen-bond acceptors (Lipinski definition) is 5. The Morgan fingerprint density at radius 3 is 2.58 bits per heavy atom. The number of aromatic nitrogens is 3. The SMILES string of the molecule is C=CCn1c(SCC(=O)Nc2ccc(Br)cc2C)nnc1[C@@H](NC(=O)c1ccc(Cl)cc1Cl)C(C)C. The number of aryl methyl sites for hydroxylation is 1. The number of allylic oxidation sites excluding steroid dienone is 1. The molecule has 7 nitrogen and oxygen atoms in total. The topological polar surface area (TPSA) is 88.9 Å². The Hall–Kier alpha value is -2.33. The number of thioether (sulfide) groups is 1. The fraction of sp³-hybridized carbons (Fsp3) is 0.280. The van der Waals surface area contributed by atoms with Crippen molar-refractivity contribution >= 4 is 68.4 Å². The Kier molecular flexibility index (Phi) is 10.0. The third-order valence-electron chi connectivity index (χ3n) is 5.26. The van der Waals surface area contributed by atoms with Crippen LogP contribution in [0.2, 0.25) is 10.0 Å². The standard InChI is InChI=1S/C25H26BrCl2N5O2S/c1-5-10-33-23(22(14(2)3)30-24(35)18-8-7-17(27)12-19(18)28)31-32-25(33)36-13-21(34)29-20-9-6-16(26)11-15(20)4/h5-9,11-12,14,22H,1,10,13H2,2-4H3,(H,29,34)(H,30,35)/t22-/m0/s1. The molecule has 0 bridgehead atoms. The van der Waals surface area contributed by atoms with Crippen LogP contribution < -0.4 is 10.6 Å². The van der Waals surface area contributed by atoms with Gasteiger partial charge in [0.05, 0.1) is 22.4 Å². The van der Waals surface area contributed by atoms with E-state index in [0.717, 1.165) is 15.7 Å². The summed E-state index contributed by atoms with van der Waals surface area (Å²) in [5.74, 6) is 0.196. The molecule has 1 aromatic heterocycles. The van der Waals surface area contributed by atoms with E-state index in [0.29, 0.717) is 28.1 Å². The molecule has 0 aliphatic carbocycles. The summed E-state index contributed by atoms with van der Waals surface area (Å²) in [6.45, 7) is 10.1. The molecule has 36 heavy (non-hydrogen) atoms. The fourth-order valence-corrected chi connectivity index (χ4v) is 5.17. The second-order valence-electron chi connectivity index (χ2n) is 8.36. The van der Waals surface area contributed by atoms with Crippen molar-refractivity contribution in [2.24, 2.45) is 5.92 Å². The highest BCUT2D eigenvalue weighted by molar-refractivity contribution is 9.10. The minimum Gasteiger partial charge on any atom is -0.342 e. The summed E-state index contributed by atoms with van der Waals surface area (Å²) in [6.07, 6.45) is 1.72. The monoisotopic (exact) mass is 609 g/mol. The van der Waals surface area contributed by atoms with Crippen LogP contribution in [0.15, 0.2) is 58.7 Å². The van der Waals surface area contributed by atoms with Crippen molar-refractivity contribution < 1.29 is 9.59 Å². The maximum absolute atomic E-state index is 13.0. The average Bonchev–Trinajstić information content (AvgIpc) is 3.20. The second-order valence-corrected chi connectivity index (χ2v) is 11.1. The summed E-state index contributed by atoms with van der Waals surface area (Å²) in [5.41, 5.74) is 2.02. The Morgan fingerprint density at radius 1 is 1.19 bits per heavy atom. The number of anilines is 1. The first-order valence-corrected chi connectivity index (χ1v) is 13.6. The van der Waals surface area contributed by atoms with Crippen LogP contribution in [0.4, 0.5) is 5.69 Å². The van der Waals surface area contributed by atoms with Crippen LogP contribution in [0.3, 0.4) is 0 Å². The number of benzene rings is 2. The van der Waals surface area contributed by atoms with E-state index in [9.17, 15) is 9.59 Å². The van der Waals surface area contributed by atoms with Gasteiger partial charge in [-0.15, -0.1) is 16.8 Å². The van der Waals surface area contributed by atoms with E-state index in [1.165, 1.54) is 17.8 Å². The molecular formula is C25H26BrCl2N5O2S. The van der Waals surface area contributed by atoms with Crippen molar-refractivity contribution in [1.82, 2.24) is 20.1 Å². The molecule has 0 unspecified atom stereocenters. The zero-order valence-corrected chi connectivity index (χ0v) is 23.9. The molecule has 0 aliphatic heterocycles. The Bertz CT molecular complexity index is 1280. The molecule has 0 aliphatic rings. The molecular weight excluding hydrogens is 585 g/mol. The van der Waals surface area contributed by atoms with Crippen molar-refractivity contribution in [1.29, 1.82) is 0 Å². The lowest BCUT2D eigenvalue weighted by Crippen LogP contribution is -2.34. The highest BCUT2D eigenvalue weighted by atomic mass is 79.9. The third kappa shape index (κ3) is 7.12. The maximum Gasteiger partial charge on any atom is 0.253 e. The van der Waals surface area contributed by atoms with Gasteiger partial charge >= 0.3 is 0 Å². The van der Waals surface area contributed by atoms with E-state index in [1.54, 1.807) is 18.2 Å². The molecule has 1 heterocycles. The number of nitrogens with one attached hydrogen (secondary N) is 2. The van der Waals surface area contributed by atoms with Gasteiger partial charge in [0.2, 0.25) is 5.91 Å².